The predicted octanol–water partition coefficient (Wildman–Crippen LogP) is 5.26. The lowest BCUT2D eigenvalue weighted by Crippen LogP contribution is -2.21. The van der Waals surface area contributed by atoms with Gasteiger partial charge in [0.2, 0.25) is 0 Å². The van der Waals surface area contributed by atoms with Crippen LogP contribution in [-0.4, -0.2) is 9.78 Å². The van der Waals surface area contributed by atoms with Crippen molar-refractivity contribution in [3.63, 3.8) is 0 Å². The second kappa shape index (κ2) is 8.28. The second-order valence-corrected chi connectivity index (χ2v) is 6.67. The molecule has 1 atom stereocenters. The van der Waals surface area contributed by atoms with Gasteiger partial charge in [0.1, 0.15) is 5.82 Å². The van der Waals surface area contributed by atoms with E-state index in [9.17, 15) is 4.39 Å². The summed E-state index contributed by atoms with van der Waals surface area (Å²) < 4.78 is 15.1. The Morgan fingerprint density at radius 2 is 1.73 bits per heavy atom. The number of aryl methyl sites for hydroxylation is 1. The van der Waals surface area contributed by atoms with Crippen molar-refractivity contribution >= 4 is 0 Å². The highest BCUT2D eigenvalue weighted by Gasteiger charge is 2.15. The molecule has 2 aromatic carbocycles. The van der Waals surface area contributed by atoms with Gasteiger partial charge in [-0.25, -0.2) is 9.07 Å². The minimum absolute atomic E-state index is 0.234. The summed E-state index contributed by atoms with van der Waals surface area (Å²) in [7, 11) is 0. The Morgan fingerprint density at radius 1 is 1.04 bits per heavy atom. The zero-order chi connectivity index (χ0) is 18.5. The molecule has 0 aliphatic rings. The maximum Gasteiger partial charge on any atom is 0.123 e. The van der Waals surface area contributed by atoms with E-state index < -0.39 is 0 Å². The maximum atomic E-state index is 13.2. The molecular weight excluding hydrogens is 325 g/mol. The largest absolute Gasteiger partial charge is 0.306 e. The minimum atomic E-state index is -0.234. The summed E-state index contributed by atoms with van der Waals surface area (Å²) in [4.78, 5) is 0. The molecule has 0 bridgehead atoms. The van der Waals surface area contributed by atoms with Crippen LogP contribution in [0.3, 0.4) is 0 Å². The highest BCUT2D eigenvalue weighted by Crippen LogP contribution is 2.22. The van der Waals surface area contributed by atoms with E-state index in [0.29, 0.717) is 6.04 Å². The molecule has 0 saturated carbocycles. The lowest BCUT2D eigenvalue weighted by Gasteiger charge is -2.19. The van der Waals surface area contributed by atoms with Crippen molar-refractivity contribution in [3.05, 3.63) is 82.9 Å². The van der Waals surface area contributed by atoms with E-state index in [2.05, 4.69) is 48.5 Å². The number of halogens is 1. The van der Waals surface area contributed by atoms with Crippen molar-refractivity contribution in [1.29, 1.82) is 0 Å². The van der Waals surface area contributed by atoms with Gasteiger partial charge in [0.15, 0.2) is 0 Å². The fourth-order valence-corrected chi connectivity index (χ4v) is 3.35. The van der Waals surface area contributed by atoms with E-state index in [1.165, 1.54) is 23.3 Å². The molecule has 3 aromatic rings. The first-order valence-electron chi connectivity index (χ1n) is 9.19. The van der Waals surface area contributed by atoms with E-state index in [-0.39, 0.29) is 5.82 Å². The Morgan fingerprint density at radius 3 is 2.38 bits per heavy atom. The SMILES string of the molecule is CCC[C@@H](NCc1c(C)nn(-c2ccc(F)cc2)c1C)c1ccccc1. The zero-order valence-corrected chi connectivity index (χ0v) is 15.7. The Labute approximate surface area is 154 Å². The summed E-state index contributed by atoms with van der Waals surface area (Å²) in [6, 6.07) is 17.4. The average molecular weight is 351 g/mol. The molecule has 0 unspecified atom stereocenters. The highest BCUT2D eigenvalue weighted by atomic mass is 19.1. The maximum absolute atomic E-state index is 13.2. The van der Waals surface area contributed by atoms with Gasteiger partial charge in [-0.1, -0.05) is 43.7 Å². The Balaban J connectivity index is 1.80. The van der Waals surface area contributed by atoms with Crippen LogP contribution in [0.4, 0.5) is 4.39 Å². The van der Waals surface area contributed by atoms with Gasteiger partial charge in [0.25, 0.3) is 0 Å². The third-order valence-corrected chi connectivity index (χ3v) is 4.82. The fourth-order valence-electron chi connectivity index (χ4n) is 3.35. The third-order valence-electron chi connectivity index (χ3n) is 4.82. The molecule has 3 nitrogen and oxygen atoms in total. The fraction of sp³-hybridized carbons (Fsp3) is 0.318. The topological polar surface area (TPSA) is 29.9 Å². The van der Waals surface area contributed by atoms with Crippen LogP contribution in [0.25, 0.3) is 5.69 Å². The molecule has 0 spiro atoms. The van der Waals surface area contributed by atoms with Crippen LogP contribution in [0.5, 0.6) is 0 Å². The zero-order valence-electron chi connectivity index (χ0n) is 15.7. The van der Waals surface area contributed by atoms with Crippen LogP contribution in [0.2, 0.25) is 0 Å². The van der Waals surface area contributed by atoms with Crippen LogP contribution in [0, 0.1) is 19.7 Å². The number of rotatable bonds is 7. The molecule has 0 fully saturated rings. The van der Waals surface area contributed by atoms with E-state index in [0.717, 1.165) is 36.5 Å². The Hall–Kier alpha value is -2.46. The van der Waals surface area contributed by atoms with Gasteiger partial charge in [0.05, 0.1) is 11.4 Å². The number of hydrogen-bond donors (Lipinski definition) is 1. The first kappa shape index (κ1) is 18.3. The van der Waals surface area contributed by atoms with Crippen molar-refractivity contribution in [2.24, 2.45) is 0 Å². The molecule has 0 radical (unpaired) electrons. The molecule has 0 aliphatic heterocycles. The van der Waals surface area contributed by atoms with E-state index in [1.54, 1.807) is 12.1 Å². The summed E-state index contributed by atoms with van der Waals surface area (Å²) >= 11 is 0. The van der Waals surface area contributed by atoms with Crippen LogP contribution in [0.1, 0.15) is 48.3 Å². The van der Waals surface area contributed by atoms with E-state index >= 15 is 0 Å². The molecule has 4 heteroatoms. The summed E-state index contributed by atoms with van der Waals surface area (Å²) in [6.07, 6.45) is 2.22. The van der Waals surface area contributed by atoms with Crippen LogP contribution >= 0.6 is 0 Å². The lowest BCUT2D eigenvalue weighted by molar-refractivity contribution is 0.492. The van der Waals surface area contributed by atoms with Crippen LogP contribution in [0.15, 0.2) is 54.6 Å². The number of benzene rings is 2. The normalized spacial score (nSPS) is 12.3. The van der Waals surface area contributed by atoms with Gasteiger partial charge in [-0.2, -0.15) is 5.10 Å². The number of nitrogens with zero attached hydrogens (tertiary/aromatic N) is 2. The molecule has 3 rings (SSSR count). The van der Waals surface area contributed by atoms with Crippen molar-refractivity contribution in [1.82, 2.24) is 15.1 Å². The Kier molecular flexibility index (Phi) is 5.84. The Bertz CT molecular complexity index is 838. The van der Waals surface area contributed by atoms with Gasteiger partial charge >= 0.3 is 0 Å². The summed E-state index contributed by atoms with van der Waals surface area (Å²) in [5.74, 6) is -0.234. The lowest BCUT2D eigenvalue weighted by atomic mass is 10.0. The highest BCUT2D eigenvalue weighted by molar-refractivity contribution is 5.37. The van der Waals surface area contributed by atoms with Gasteiger partial charge in [-0.05, 0) is 50.1 Å². The summed E-state index contributed by atoms with van der Waals surface area (Å²) in [5.41, 5.74) is 5.49. The molecule has 1 N–H and O–H groups in total. The molecular formula is C22H26FN3. The van der Waals surface area contributed by atoms with E-state index in [1.807, 2.05) is 17.7 Å². The van der Waals surface area contributed by atoms with Crippen molar-refractivity contribution in [2.45, 2.75) is 46.2 Å². The first-order valence-corrected chi connectivity index (χ1v) is 9.19. The van der Waals surface area contributed by atoms with Crippen LogP contribution < -0.4 is 5.32 Å². The van der Waals surface area contributed by atoms with Crippen molar-refractivity contribution in [2.75, 3.05) is 0 Å². The monoisotopic (exact) mass is 351 g/mol. The number of nitrogens with one attached hydrogen (secondary N) is 1. The minimum Gasteiger partial charge on any atom is -0.306 e. The molecule has 1 aromatic heterocycles. The van der Waals surface area contributed by atoms with E-state index in [4.69, 9.17) is 0 Å². The standard InChI is InChI=1S/C22H26FN3/c1-4-8-22(18-9-6-5-7-10-18)24-15-21-16(2)25-26(17(21)3)20-13-11-19(23)12-14-20/h5-7,9-14,22,24H,4,8,15H2,1-3H3/t22-/m1/s1. The van der Waals surface area contributed by atoms with Gasteiger partial charge in [0, 0.05) is 23.8 Å². The van der Waals surface area contributed by atoms with Gasteiger partial charge in [-0.3, -0.25) is 0 Å². The van der Waals surface area contributed by atoms with Gasteiger partial charge < -0.3 is 5.32 Å². The van der Waals surface area contributed by atoms with Crippen LogP contribution in [-0.2, 0) is 6.54 Å². The quantitative estimate of drug-likeness (QED) is 0.629. The molecule has 1 heterocycles. The molecule has 0 aliphatic carbocycles. The third kappa shape index (κ3) is 4.02. The second-order valence-electron chi connectivity index (χ2n) is 6.67. The molecule has 26 heavy (non-hydrogen) atoms. The molecule has 0 amide bonds. The molecule has 0 saturated heterocycles. The number of hydrogen-bond acceptors (Lipinski definition) is 2. The summed E-state index contributed by atoms with van der Waals surface area (Å²) in [5, 5.41) is 8.36. The predicted molar refractivity (Wildman–Crippen MR) is 104 cm³/mol. The smallest absolute Gasteiger partial charge is 0.123 e. The summed E-state index contributed by atoms with van der Waals surface area (Å²) in [6.45, 7) is 7.07. The van der Waals surface area contributed by atoms with Crippen molar-refractivity contribution < 1.29 is 4.39 Å². The first-order chi connectivity index (χ1) is 12.6. The van der Waals surface area contributed by atoms with Gasteiger partial charge in [-0.15, -0.1) is 0 Å². The molecule has 136 valence electrons. The van der Waals surface area contributed by atoms with Crippen molar-refractivity contribution in [3.8, 4) is 5.69 Å². The number of aromatic nitrogens is 2. The average Bonchev–Trinajstić information content (AvgIpc) is 2.94.